The number of nitrogens with one attached hydrogen (secondary N) is 1. The van der Waals surface area contributed by atoms with Gasteiger partial charge in [-0.15, -0.1) is 11.3 Å². The van der Waals surface area contributed by atoms with Gasteiger partial charge in [0.15, 0.2) is 0 Å². The van der Waals surface area contributed by atoms with Gasteiger partial charge in [0, 0.05) is 4.88 Å². The first kappa shape index (κ1) is 19.7. The fraction of sp³-hybridized carbons (Fsp3) is 0.421. The van der Waals surface area contributed by atoms with Gasteiger partial charge in [-0.3, -0.25) is 9.52 Å². The van der Waals surface area contributed by atoms with Crippen LogP contribution in [0.1, 0.15) is 47.0 Å². The van der Waals surface area contributed by atoms with E-state index in [2.05, 4.69) is 11.6 Å². The number of thiophene rings is 1. The molecular weight excluding hydrogens is 384 g/mol. The van der Waals surface area contributed by atoms with Crippen molar-refractivity contribution in [1.82, 2.24) is 0 Å². The summed E-state index contributed by atoms with van der Waals surface area (Å²) < 4.78 is 33.2. The van der Waals surface area contributed by atoms with Crippen LogP contribution in [0.25, 0.3) is 0 Å². The minimum Gasteiger partial charge on any atom is -0.497 e. The molecule has 2 aromatic rings. The van der Waals surface area contributed by atoms with E-state index in [-0.39, 0.29) is 4.90 Å². The number of rotatable bonds is 7. The van der Waals surface area contributed by atoms with Crippen molar-refractivity contribution in [3.8, 4) is 5.75 Å². The number of benzene rings is 1. The summed E-state index contributed by atoms with van der Waals surface area (Å²) in [6.45, 7) is 2.16. The first-order valence-corrected chi connectivity index (χ1v) is 11.3. The second kappa shape index (κ2) is 7.90. The summed E-state index contributed by atoms with van der Waals surface area (Å²) in [5.41, 5.74) is 6.82. The molecule has 1 aliphatic rings. The molecule has 0 unspecified atom stereocenters. The topological polar surface area (TPSA) is 98.5 Å². The Balaban J connectivity index is 1.93. The third-order valence-electron chi connectivity index (χ3n) is 4.91. The minimum absolute atomic E-state index is 0.106. The molecule has 3 rings (SSSR count). The van der Waals surface area contributed by atoms with Crippen LogP contribution in [0.5, 0.6) is 5.75 Å². The van der Waals surface area contributed by atoms with Crippen molar-refractivity contribution >= 4 is 32.3 Å². The van der Waals surface area contributed by atoms with Crippen molar-refractivity contribution < 1.29 is 17.9 Å². The summed E-state index contributed by atoms with van der Waals surface area (Å²) >= 11 is 1.33. The highest BCUT2D eigenvalue weighted by molar-refractivity contribution is 7.93. The molecule has 0 bridgehead atoms. The zero-order valence-corrected chi connectivity index (χ0v) is 17.1. The smallest absolute Gasteiger partial charge is 0.262 e. The van der Waals surface area contributed by atoms with Gasteiger partial charge < -0.3 is 10.5 Å². The lowest BCUT2D eigenvalue weighted by Gasteiger charge is -2.21. The number of primary amides is 1. The molecule has 1 amide bonds. The molecular formula is C19H24N2O4S2. The van der Waals surface area contributed by atoms with Crippen molar-refractivity contribution in [2.75, 3.05) is 11.8 Å². The molecule has 0 saturated heterocycles. The molecule has 0 aliphatic heterocycles. The van der Waals surface area contributed by atoms with Gasteiger partial charge in [0.2, 0.25) is 0 Å². The fourth-order valence-corrected chi connectivity index (χ4v) is 6.25. The van der Waals surface area contributed by atoms with Crippen LogP contribution in [-0.2, 0) is 22.9 Å². The Labute approximate surface area is 163 Å². The summed E-state index contributed by atoms with van der Waals surface area (Å²) in [4.78, 5) is 13.2. The molecule has 1 aromatic heterocycles. The number of methoxy groups -OCH3 is 1. The first-order valence-electron chi connectivity index (χ1n) is 8.97. The molecule has 8 heteroatoms. The van der Waals surface area contributed by atoms with E-state index in [1.807, 2.05) is 0 Å². The molecule has 6 nitrogen and oxygen atoms in total. The van der Waals surface area contributed by atoms with E-state index in [1.165, 1.54) is 30.6 Å². The van der Waals surface area contributed by atoms with Crippen molar-refractivity contribution in [3.63, 3.8) is 0 Å². The molecule has 0 radical (unpaired) electrons. The van der Waals surface area contributed by atoms with Crippen molar-refractivity contribution in [2.45, 2.75) is 43.9 Å². The number of hydrogen-bond donors (Lipinski definition) is 2. The number of carbonyl (C=O) groups excluding carboxylic acids is 1. The molecule has 0 saturated carbocycles. The van der Waals surface area contributed by atoms with E-state index in [4.69, 9.17) is 10.5 Å². The van der Waals surface area contributed by atoms with Crippen molar-refractivity contribution in [3.05, 3.63) is 40.3 Å². The Kier molecular flexibility index (Phi) is 5.76. The van der Waals surface area contributed by atoms with Gasteiger partial charge in [-0.25, -0.2) is 8.42 Å². The molecule has 1 aliphatic carbocycles. The van der Waals surface area contributed by atoms with Crippen molar-refractivity contribution in [2.24, 2.45) is 11.7 Å². The number of sulfonamides is 1. The lowest BCUT2D eigenvalue weighted by atomic mass is 9.84. The van der Waals surface area contributed by atoms with E-state index in [0.29, 0.717) is 22.2 Å². The van der Waals surface area contributed by atoms with E-state index in [1.54, 1.807) is 12.1 Å². The SMILES string of the molecule is CCC[C@H]1CCc2c(sc(NS(=O)(=O)c3ccc(OC)cc3)c2C(N)=O)C1. The Bertz CT molecular complexity index is 933. The van der Waals surface area contributed by atoms with Crippen LogP contribution in [0.15, 0.2) is 29.2 Å². The lowest BCUT2D eigenvalue weighted by Crippen LogP contribution is -2.20. The summed E-state index contributed by atoms with van der Waals surface area (Å²) in [5, 5.41) is 0.320. The van der Waals surface area contributed by atoms with Gasteiger partial charge in [-0.1, -0.05) is 19.8 Å². The van der Waals surface area contributed by atoms with Gasteiger partial charge in [0.05, 0.1) is 17.6 Å². The van der Waals surface area contributed by atoms with Crippen molar-refractivity contribution in [1.29, 1.82) is 0 Å². The molecule has 1 atom stereocenters. The highest BCUT2D eigenvalue weighted by Crippen LogP contribution is 2.41. The molecule has 0 fully saturated rings. The molecule has 1 heterocycles. The van der Waals surface area contributed by atoms with Crippen LogP contribution in [0.4, 0.5) is 5.00 Å². The van der Waals surface area contributed by atoms with Gasteiger partial charge in [0.1, 0.15) is 10.8 Å². The van der Waals surface area contributed by atoms with Crippen LogP contribution in [0.2, 0.25) is 0 Å². The quantitative estimate of drug-likeness (QED) is 0.732. The number of hydrogen-bond acceptors (Lipinski definition) is 5. The first-order chi connectivity index (χ1) is 12.9. The van der Waals surface area contributed by atoms with Gasteiger partial charge >= 0.3 is 0 Å². The monoisotopic (exact) mass is 408 g/mol. The zero-order chi connectivity index (χ0) is 19.6. The number of ether oxygens (including phenoxy) is 1. The largest absolute Gasteiger partial charge is 0.497 e. The minimum atomic E-state index is -3.82. The summed E-state index contributed by atoms with van der Waals surface area (Å²) in [7, 11) is -2.30. The molecule has 0 spiro atoms. The molecule has 1 aromatic carbocycles. The van der Waals surface area contributed by atoms with Gasteiger partial charge in [0.25, 0.3) is 15.9 Å². The Hall–Kier alpha value is -2.06. The predicted molar refractivity (Wildman–Crippen MR) is 107 cm³/mol. The van der Waals surface area contributed by atoms with E-state index in [0.717, 1.165) is 42.5 Å². The highest BCUT2D eigenvalue weighted by Gasteiger charge is 2.29. The Morgan fingerprint density at radius 2 is 2.04 bits per heavy atom. The van der Waals surface area contributed by atoms with Crippen LogP contribution in [0.3, 0.4) is 0 Å². The van der Waals surface area contributed by atoms with Crippen LogP contribution < -0.4 is 15.2 Å². The van der Waals surface area contributed by atoms with Gasteiger partial charge in [-0.05, 0) is 55.0 Å². The van der Waals surface area contributed by atoms with E-state index >= 15 is 0 Å². The van der Waals surface area contributed by atoms with E-state index < -0.39 is 15.9 Å². The maximum absolute atomic E-state index is 12.8. The summed E-state index contributed by atoms with van der Waals surface area (Å²) in [5.74, 6) is 0.558. The predicted octanol–water partition coefficient (Wildman–Crippen LogP) is 3.56. The van der Waals surface area contributed by atoms with Crippen LogP contribution in [-0.4, -0.2) is 21.4 Å². The number of nitrogens with two attached hydrogens (primary N) is 1. The Morgan fingerprint density at radius 3 is 2.63 bits per heavy atom. The number of carbonyl (C=O) groups is 1. The number of fused-ring (bicyclic) bond motifs is 1. The summed E-state index contributed by atoms with van der Waals surface area (Å²) in [6.07, 6.45) is 4.89. The average molecular weight is 409 g/mol. The lowest BCUT2D eigenvalue weighted by molar-refractivity contribution is 0.1000. The molecule has 27 heavy (non-hydrogen) atoms. The zero-order valence-electron chi connectivity index (χ0n) is 15.4. The normalized spacial score (nSPS) is 16.6. The van der Waals surface area contributed by atoms with E-state index in [9.17, 15) is 13.2 Å². The standard InChI is InChI=1S/C19H24N2O4S2/c1-3-4-12-5-10-15-16(11-12)26-19(17(15)18(20)22)21-27(23,24)14-8-6-13(25-2)7-9-14/h6-9,12,21H,3-5,10-11H2,1-2H3,(H2,20,22)/t12-/m0/s1. The maximum atomic E-state index is 12.8. The number of amides is 1. The average Bonchev–Trinajstić information content (AvgIpc) is 2.98. The highest BCUT2D eigenvalue weighted by atomic mass is 32.2. The summed E-state index contributed by atoms with van der Waals surface area (Å²) in [6, 6.07) is 6.10. The molecule has 146 valence electrons. The maximum Gasteiger partial charge on any atom is 0.262 e. The third-order valence-corrected chi connectivity index (χ3v) is 7.57. The second-order valence-electron chi connectivity index (χ2n) is 6.75. The number of anilines is 1. The Morgan fingerprint density at radius 1 is 1.33 bits per heavy atom. The van der Waals surface area contributed by atoms with Gasteiger partial charge in [-0.2, -0.15) is 0 Å². The van der Waals surface area contributed by atoms with Crippen LogP contribution in [0, 0.1) is 5.92 Å². The van der Waals surface area contributed by atoms with Crippen LogP contribution >= 0.6 is 11.3 Å². The second-order valence-corrected chi connectivity index (χ2v) is 9.54. The third kappa shape index (κ3) is 4.11. The molecule has 3 N–H and O–H groups in total. The fourth-order valence-electron chi connectivity index (χ4n) is 3.58.